The molecular weight excluding hydrogens is 406 g/mol. The van der Waals surface area contributed by atoms with Gasteiger partial charge in [-0.3, -0.25) is 9.89 Å². The summed E-state index contributed by atoms with van der Waals surface area (Å²) in [6.45, 7) is -1.22. The Bertz CT molecular complexity index is 1170. The number of allylic oxidation sites excluding steroid dienone is 1. The van der Waals surface area contributed by atoms with Crippen molar-refractivity contribution >= 4 is 22.9 Å². The lowest BCUT2D eigenvalue weighted by Gasteiger charge is -2.24. The number of ether oxygens (including phenoxy) is 2. The molecule has 0 aliphatic carbocycles. The quantitative estimate of drug-likeness (QED) is 0.605. The number of carbonyl (C=O) groups excluding carboxylic acids is 1. The number of hydrogen-bond acceptors (Lipinski definition) is 6. The fraction of sp³-hybridized carbons (Fsp3) is 0.318. The van der Waals surface area contributed by atoms with Crippen LogP contribution >= 0.6 is 0 Å². The van der Waals surface area contributed by atoms with Crippen LogP contribution in [0.4, 0.5) is 8.78 Å². The highest BCUT2D eigenvalue weighted by Crippen LogP contribution is 2.42. The summed E-state index contributed by atoms with van der Waals surface area (Å²) in [4.78, 5) is 17.2. The number of H-pyrrole nitrogens is 1. The van der Waals surface area contributed by atoms with Crippen LogP contribution in [0.2, 0.25) is 0 Å². The summed E-state index contributed by atoms with van der Waals surface area (Å²) in [6.07, 6.45) is 5.52. The van der Waals surface area contributed by atoms with Crippen molar-refractivity contribution in [3.8, 4) is 11.5 Å². The summed E-state index contributed by atoms with van der Waals surface area (Å²) >= 11 is 0. The van der Waals surface area contributed by atoms with Gasteiger partial charge in [-0.1, -0.05) is 0 Å². The molecule has 9 heteroatoms. The fourth-order valence-corrected chi connectivity index (χ4v) is 4.17. The first-order chi connectivity index (χ1) is 15.1. The van der Waals surface area contributed by atoms with E-state index in [4.69, 9.17) is 9.47 Å². The van der Waals surface area contributed by atoms with Gasteiger partial charge in [-0.05, 0) is 62.5 Å². The molecule has 1 aromatic carbocycles. The Labute approximate surface area is 176 Å². The number of rotatable bonds is 5. The van der Waals surface area contributed by atoms with Gasteiger partial charge in [0.2, 0.25) is 5.78 Å². The Kier molecular flexibility index (Phi) is 5.11. The normalized spacial score (nSPS) is 18.0. The van der Waals surface area contributed by atoms with Gasteiger partial charge in [0, 0.05) is 23.2 Å². The Balaban J connectivity index is 1.52. The van der Waals surface area contributed by atoms with Gasteiger partial charge in [0.25, 0.3) is 0 Å². The maximum absolute atomic E-state index is 13.0. The highest BCUT2D eigenvalue weighted by atomic mass is 19.3. The smallest absolute Gasteiger partial charge is 0.387 e. The number of Topliss-reactive ketones (excluding diaryl/α,β-unsaturated/α-hetero) is 1. The van der Waals surface area contributed by atoms with Crippen LogP contribution in [0.25, 0.3) is 17.1 Å². The Morgan fingerprint density at radius 2 is 2.10 bits per heavy atom. The molecule has 0 bridgehead atoms. The van der Waals surface area contributed by atoms with E-state index in [1.165, 1.54) is 12.1 Å². The van der Waals surface area contributed by atoms with Crippen LogP contribution in [0.15, 0.2) is 36.2 Å². The number of alkyl halides is 2. The SMILES string of the molecule is O=C1C(=Cc2n[nH]c3ncccc23)Oc2c1ccc(OC(F)F)c2CC1CCNCC1. The summed E-state index contributed by atoms with van der Waals surface area (Å²) in [5.74, 6) is 0.417. The van der Waals surface area contributed by atoms with E-state index in [1.54, 1.807) is 18.3 Å². The summed E-state index contributed by atoms with van der Waals surface area (Å²) in [6, 6.07) is 6.52. The van der Waals surface area contributed by atoms with Crippen LogP contribution in [0.3, 0.4) is 0 Å². The van der Waals surface area contributed by atoms with Gasteiger partial charge in [-0.15, -0.1) is 0 Å². The van der Waals surface area contributed by atoms with Crippen molar-refractivity contribution < 1.29 is 23.0 Å². The van der Waals surface area contributed by atoms with E-state index in [-0.39, 0.29) is 17.3 Å². The summed E-state index contributed by atoms with van der Waals surface area (Å²) in [5, 5.41) is 11.1. The van der Waals surface area contributed by atoms with Gasteiger partial charge in [0.05, 0.1) is 11.3 Å². The molecule has 0 spiro atoms. The molecule has 3 aromatic rings. The molecule has 2 aliphatic heterocycles. The Hall–Kier alpha value is -3.33. The molecule has 0 saturated carbocycles. The largest absolute Gasteiger partial charge is 0.452 e. The van der Waals surface area contributed by atoms with Gasteiger partial charge in [0.1, 0.15) is 11.5 Å². The summed E-state index contributed by atoms with van der Waals surface area (Å²) < 4.78 is 36.7. The molecule has 0 unspecified atom stereocenters. The number of ketones is 1. The second-order valence-electron chi connectivity index (χ2n) is 7.64. The number of halogens is 2. The third-order valence-electron chi connectivity index (χ3n) is 5.70. The molecular formula is C22H20F2N4O3. The van der Waals surface area contributed by atoms with Crippen LogP contribution in [-0.4, -0.2) is 40.7 Å². The van der Waals surface area contributed by atoms with Gasteiger partial charge >= 0.3 is 6.61 Å². The highest BCUT2D eigenvalue weighted by Gasteiger charge is 2.33. The fourth-order valence-electron chi connectivity index (χ4n) is 4.17. The Morgan fingerprint density at radius 3 is 2.90 bits per heavy atom. The highest BCUT2D eigenvalue weighted by molar-refractivity contribution is 6.15. The number of fused-ring (bicyclic) bond motifs is 2. The number of benzene rings is 1. The molecule has 1 saturated heterocycles. The maximum Gasteiger partial charge on any atom is 0.387 e. The zero-order valence-electron chi connectivity index (χ0n) is 16.5. The van der Waals surface area contributed by atoms with E-state index < -0.39 is 6.61 Å². The molecule has 2 N–H and O–H groups in total. The lowest BCUT2D eigenvalue weighted by molar-refractivity contribution is -0.0506. The summed E-state index contributed by atoms with van der Waals surface area (Å²) in [7, 11) is 0. The van der Waals surface area contributed by atoms with Crippen LogP contribution in [-0.2, 0) is 6.42 Å². The van der Waals surface area contributed by atoms with Gasteiger partial charge in [-0.25, -0.2) is 4.98 Å². The van der Waals surface area contributed by atoms with E-state index in [9.17, 15) is 13.6 Å². The van der Waals surface area contributed by atoms with E-state index in [1.807, 2.05) is 6.07 Å². The van der Waals surface area contributed by atoms with E-state index >= 15 is 0 Å². The zero-order chi connectivity index (χ0) is 21.4. The monoisotopic (exact) mass is 426 g/mol. The Morgan fingerprint density at radius 1 is 1.26 bits per heavy atom. The van der Waals surface area contributed by atoms with Gasteiger partial charge in [0.15, 0.2) is 11.4 Å². The minimum absolute atomic E-state index is 0.0516. The van der Waals surface area contributed by atoms with E-state index in [0.29, 0.717) is 40.6 Å². The minimum atomic E-state index is -2.96. The van der Waals surface area contributed by atoms with E-state index in [0.717, 1.165) is 31.3 Å². The number of carbonyl (C=O) groups is 1. The molecule has 2 aliphatic rings. The molecule has 0 radical (unpaired) electrons. The molecule has 1 fully saturated rings. The second kappa shape index (κ2) is 8.07. The number of nitrogens with one attached hydrogen (secondary N) is 2. The van der Waals surface area contributed by atoms with Crippen molar-refractivity contribution in [2.24, 2.45) is 5.92 Å². The molecule has 4 heterocycles. The van der Waals surface area contributed by atoms with Crippen LogP contribution in [0.5, 0.6) is 11.5 Å². The molecule has 0 atom stereocenters. The van der Waals surface area contributed by atoms with Crippen molar-refractivity contribution in [3.05, 3.63) is 53.0 Å². The number of aromatic nitrogens is 3. The second-order valence-corrected chi connectivity index (χ2v) is 7.64. The lowest BCUT2D eigenvalue weighted by Crippen LogP contribution is -2.28. The van der Waals surface area contributed by atoms with Crippen molar-refractivity contribution in [2.75, 3.05) is 13.1 Å². The third-order valence-corrected chi connectivity index (χ3v) is 5.70. The van der Waals surface area contributed by atoms with Crippen LogP contribution in [0.1, 0.15) is 34.5 Å². The molecule has 5 rings (SSSR count). The van der Waals surface area contributed by atoms with Crippen molar-refractivity contribution in [3.63, 3.8) is 0 Å². The number of piperidine rings is 1. The average Bonchev–Trinajstić information content (AvgIpc) is 3.32. The third kappa shape index (κ3) is 3.76. The standard InChI is InChI=1S/C22H20F2N4O3/c23-22(24)31-17-4-3-14-19(29)18(11-16-13-2-1-7-26-21(13)28-27-16)30-20(14)15(17)10-12-5-8-25-9-6-12/h1-4,7,11-12,22,25H,5-6,8-10H2,(H,26,27,28). The van der Waals surface area contributed by atoms with Crippen LogP contribution in [0, 0.1) is 5.92 Å². The number of aromatic amines is 1. The minimum Gasteiger partial charge on any atom is -0.452 e. The molecule has 2 aromatic heterocycles. The number of pyridine rings is 1. The maximum atomic E-state index is 13.0. The van der Waals surface area contributed by atoms with E-state index in [2.05, 4.69) is 20.5 Å². The molecule has 7 nitrogen and oxygen atoms in total. The first-order valence-corrected chi connectivity index (χ1v) is 10.1. The lowest BCUT2D eigenvalue weighted by atomic mass is 9.89. The van der Waals surface area contributed by atoms with Crippen molar-refractivity contribution in [1.29, 1.82) is 0 Å². The van der Waals surface area contributed by atoms with Crippen molar-refractivity contribution in [1.82, 2.24) is 20.5 Å². The van der Waals surface area contributed by atoms with Crippen molar-refractivity contribution in [2.45, 2.75) is 25.9 Å². The van der Waals surface area contributed by atoms with Gasteiger partial charge < -0.3 is 14.8 Å². The zero-order valence-corrected chi connectivity index (χ0v) is 16.5. The summed E-state index contributed by atoms with van der Waals surface area (Å²) in [5.41, 5.74) is 1.96. The molecule has 31 heavy (non-hydrogen) atoms. The molecule has 160 valence electrons. The van der Waals surface area contributed by atoms with Crippen LogP contribution < -0.4 is 14.8 Å². The number of nitrogens with zero attached hydrogens (tertiary/aromatic N) is 2. The van der Waals surface area contributed by atoms with Gasteiger partial charge in [-0.2, -0.15) is 13.9 Å². The average molecular weight is 426 g/mol. The predicted molar refractivity (Wildman–Crippen MR) is 109 cm³/mol. The first-order valence-electron chi connectivity index (χ1n) is 10.1. The number of hydrogen-bond donors (Lipinski definition) is 2. The predicted octanol–water partition coefficient (Wildman–Crippen LogP) is 3.72. The first kappa shape index (κ1) is 19.6. The topological polar surface area (TPSA) is 89.1 Å². The molecule has 0 amide bonds.